The molecule has 1 aliphatic heterocycles. The lowest BCUT2D eigenvalue weighted by molar-refractivity contribution is -0.116. The second-order valence-corrected chi connectivity index (χ2v) is 6.05. The minimum absolute atomic E-state index is 0.0442. The van der Waals surface area contributed by atoms with E-state index in [0.717, 1.165) is 16.8 Å². The number of hydrogen-bond acceptors (Lipinski definition) is 4. The van der Waals surface area contributed by atoms with Crippen molar-refractivity contribution in [1.29, 1.82) is 0 Å². The lowest BCUT2D eigenvalue weighted by atomic mass is 9.90. The first-order valence-corrected chi connectivity index (χ1v) is 8.52. The van der Waals surface area contributed by atoms with Gasteiger partial charge in [-0.1, -0.05) is 24.3 Å². The molecule has 3 N–H and O–H groups in total. The highest BCUT2D eigenvalue weighted by atomic mass is 16.5. The SMILES string of the molecule is CN=C(NCc1ccc(OC)nc1)NCC1CC(=O)Nc2ccccc21. The molecule has 2 heterocycles. The average Bonchev–Trinajstić information content (AvgIpc) is 2.68. The fraction of sp³-hybridized carbons (Fsp3) is 0.316. The number of nitrogens with zero attached hydrogens (tertiary/aromatic N) is 2. The summed E-state index contributed by atoms with van der Waals surface area (Å²) in [6, 6.07) is 11.7. The molecule has 0 spiro atoms. The molecule has 7 nitrogen and oxygen atoms in total. The molecule has 1 amide bonds. The van der Waals surface area contributed by atoms with Gasteiger partial charge in [0.1, 0.15) is 0 Å². The van der Waals surface area contributed by atoms with Gasteiger partial charge in [-0.2, -0.15) is 0 Å². The topological polar surface area (TPSA) is 87.6 Å². The first-order chi connectivity index (χ1) is 12.7. The summed E-state index contributed by atoms with van der Waals surface area (Å²) in [7, 11) is 3.32. The van der Waals surface area contributed by atoms with E-state index in [1.54, 1.807) is 20.4 Å². The molecule has 3 rings (SSSR count). The van der Waals surface area contributed by atoms with Crippen LogP contribution in [0.3, 0.4) is 0 Å². The van der Waals surface area contributed by atoms with Gasteiger partial charge in [-0.3, -0.25) is 9.79 Å². The Morgan fingerprint density at radius 1 is 1.31 bits per heavy atom. The molecule has 0 bridgehead atoms. The number of methoxy groups -OCH3 is 1. The molecule has 0 aliphatic carbocycles. The van der Waals surface area contributed by atoms with Crippen LogP contribution in [0.15, 0.2) is 47.6 Å². The van der Waals surface area contributed by atoms with Gasteiger partial charge in [0, 0.05) is 50.4 Å². The number of aromatic nitrogens is 1. The van der Waals surface area contributed by atoms with E-state index in [1.165, 1.54) is 0 Å². The van der Waals surface area contributed by atoms with Crippen LogP contribution in [0.2, 0.25) is 0 Å². The van der Waals surface area contributed by atoms with Gasteiger partial charge < -0.3 is 20.7 Å². The van der Waals surface area contributed by atoms with Gasteiger partial charge in [0.25, 0.3) is 0 Å². The van der Waals surface area contributed by atoms with Crippen molar-refractivity contribution >= 4 is 17.6 Å². The molecule has 0 radical (unpaired) electrons. The molecule has 0 saturated heterocycles. The van der Waals surface area contributed by atoms with E-state index in [9.17, 15) is 4.79 Å². The van der Waals surface area contributed by atoms with Gasteiger partial charge in [0.2, 0.25) is 11.8 Å². The average molecular weight is 353 g/mol. The number of benzene rings is 1. The summed E-state index contributed by atoms with van der Waals surface area (Å²) < 4.78 is 5.06. The first-order valence-electron chi connectivity index (χ1n) is 8.52. The Balaban J connectivity index is 1.56. The quantitative estimate of drug-likeness (QED) is 0.564. The number of para-hydroxylation sites is 1. The van der Waals surface area contributed by atoms with E-state index < -0.39 is 0 Å². The van der Waals surface area contributed by atoms with Crippen molar-refractivity contribution < 1.29 is 9.53 Å². The zero-order valence-electron chi connectivity index (χ0n) is 15.0. The molecule has 0 saturated carbocycles. The third-order valence-corrected chi connectivity index (χ3v) is 4.31. The fourth-order valence-corrected chi connectivity index (χ4v) is 2.95. The summed E-state index contributed by atoms with van der Waals surface area (Å²) in [4.78, 5) is 20.3. The van der Waals surface area contributed by atoms with E-state index in [2.05, 4.69) is 32.0 Å². The van der Waals surface area contributed by atoms with Gasteiger partial charge in [0.05, 0.1) is 7.11 Å². The first kappa shape index (κ1) is 17.7. The molecule has 1 atom stereocenters. The lowest BCUT2D eigenvalue weighted by Gasteiger charge is -2.26. The maximum atomic E-state index is 11.9. The number of hydrogen-bond donors (Lipinski definition) is 3. The smallest absolute Gasteiger partial charge is 0.225 e. The highest BCUT2D eigenvalue weighted by Crippen LogP contribution is 2.31. The van der Waals surface area contributed by atoms with Gasteiger partial charge >= 0.3 is 0 Å². The molecule has 1 aromatic carbocycles. The Morgan fingerprint density at radius 2 is 2.15 bits per heavy atom. The molecule has 2 aromatic rings. The van der Waals surface area contributed by atoms with Crippen molar-refractivity contribution in [2.45, 2.75) is 18.9 Å². The number of nitrogens with one attached hydrogen (secondary N) is 3. The third-order valence-electron chi connectivity index (χ3n) is 4.31. The zero-order valence-corrected chi connectivity index (χ0v) is 15.0. The zero-order chi connectivity index (χ0) is 18.4. The highest BCUT2D eigenvalue weighted by Gasteiger charge is 2.24. The third kappa shape index (κ3) is 4.30. The fourth-order valence-electron chi connectivity index (χ4n) is 2.95. The number of amides is 1. The van der Waals surface area contributed by atoms with Crippen LogP contribution in [0.4, 0.5) is 5.69 Å². The monoisotopic (exact) mass is 353 g/mol. The van der Waals surface area contributed by atoms with Crippen LogP contribution >= 0.6 is 0 Å². The number of carbonyl (C=O) groups is 1. The lowest BCUT2D eigenvalue weighted by Crippen LogP contribution is -2.40. The van der Waals surface area contributed by atoms with Crippen molar-refractivity contribution in [2.75, 3.05) is 26.0 Å². The van der Waals surface area contributed by atoms with Crippen LogP contribution in [0.25, 0.3) is 0 Å². The van der Waals surface area contributed by atoms with Crippen LogP contribution < -0.4 is 20.7 Å². The maximum Gasteiger partial charge on any atom is 0.225 e. The molecule has 1 aromatic heterocycles. The van der Waals surface area contributed by atoms with E-state index in [-0.39, 0.29) is 11.8 Å². The van der Waals surface area contributed by atoms with E-state index in [1.807, 2.05) is 30.3 Å². The second kappa shape index (κ2) is 8.33. The number of ether oxygens (including phenoxy) is 1. The van der Waals surface area contributed by atoms with Gasteiger partial charge in [-0.05, 0) is 17.2 Å². The number of anilines is 1. The van der Waals surface area contributed by atoms with Crippen LogP contribution in [-0.4, -0.2) is 37.6 Å². The van der Waals surface area contributed by atoms with Crippen molar-refractivity contribution in [3.8, 4) is 5.88 Å². The normalized spacial score (nSPS) is 16.5. The van der Waals surface area contributed by atoms with Crippen molar-refractivity contribution in [3.63, 3.8) is 0 Å². The van der Waals surface area contributed by atoms with Crippen molar-refractivity contribution in [2.24, 2.45) is 4.99 Å². The highest BCUT2D eigenvalue weighted by molar-refractivity contribution is 5.94. The number of pyridine rings is 1. The minimum Gasteiger partial charge on any atom is -0.481 e. The number of carbonyl (C=O) groups excluding carboxylic acids is 1. The number of guanidine groups is 1. The van der Waals surface area contributed by atoms with Crippen molar-refractivity contribution in [3.05, 3.63) is 53.7 Å². The summed E-state index contributed by atoms with van der Waals surface area (Å²) >= 11 is 0. The van der Waals surface area contributed by atoms with E-state index in [0.29, 0.717) is 31.3 Å². The van der Waals surface area contributed by atoms with Crippen LogP contribution in [0.1, 0.15) is 23.5 Å². The Hall–Kier alpha value is -3.09. The Morgan fingerprint density at radius 3 is 2.88 bits per heavy atom. The minimum atomic E-state index is 0.0442. The summed E-state index contributed by atoms with van der Waals surface area (Å²) in [5.74, 6) is 1.43. The molecule has 1 unspecified atom stereocenters. The van der Waals surface area contributed by atoms with E-state index >= 15 is 0 Å². The van der Waals surface area contributed by atoms with Crippen LogP contribution in [-0.2, 0) is 11.3 Å². The Kier molecular flexibility index (Phi) is 5.68. The molecule has 26 heavy (non-hydrogen) atoms. The van der Waals surface area contributed by atoms with Crippen LogP contribution in [0.5, 0.6) is 5.88 Å². The van der Waals surface area contributed by atoms with Crippen LogP contribution in [0, 0.1) is 0 Å². The second-order valence-electron chi connectivity index (χ2n) is 6.05. The summed E-state index contributed by atoms with van der Waals surface area (Å²) in [6.07, 6.45) is 2.23. The Bertz CT molecular complexity index is 789. The Labute approximate surface area is 152 Å². The maximum absolute atomic E-state index is 11.9. The van der Waals surface area contributed by atoms with Crippen molar-refractivity contribution in [1.82, 2.24) is 15.6 Å². The standard InChI is InChI=1S/C19H23N5O2/c1-20-19(22-11-13-7-8-18(26-2)21-10-13)23-12-14-9-17(25)24-16-6-4-3-5-15(14)16/h3-8,10,14H,9,11-12H2,1-2H3,(H,24,25)(H2,20,22,23). The summed E-state index contributed by atoms with van der Waals surface area (Å²) in [6.45, 7) is 1.23. The number of aliphatic imine (C=N–C) groups is 1. The molecule has 7 heteroatoms. The molecule has 0 fully saturated rings. The number of rotatable bonds is 5. The largest absolute Gasteiger partial charge is 0.481 e. The molecule has 1 aliphatic rings. The van der Waals surface area contributed by atoms with Gasteiger partial charge in [-0.15, -0.1) is 0 Å². The van der Waals surface area contributed by atoms with Gasteiger partial charge in [-0.25, -0.2) is 4.98 Å². The molecular formula is C19H23N5O2. The molecular weight excluding hydrogens is 330 g/mol. The number of fused-ring (bicyclic) bond motifs is 1. The summed E-state index contributed by atoms with van der Waals surface area (Å²) in [5, 5.41) is 9.48. The van der Waals surface area contributed by atoms with E-state index in [4.69, 9.17) is 4.74 Å². The molecule has 136 valence electrons. The predicted molar refractivity (Wildman–Crippen MR) is 101 cm³/mol. The summed E-state index contributed by atoms with van der Waals surface area (Å²) in [5.41, 5.74) is 3.06. The predicted octanol–water partition coefficient (Wildman–Crippen LogP) is 1.88. The van der Waals surface area contributed by atoms with Gasteiger partial charge in [0.15, 0.2) is 5.96 Å².